The van der Waals surface area contributed by atoms with E-state index in [4.69, 9.17) is 9.26 Å². The van der Waals surface area contributed by atoms with Crippen LogP contribution in [0.5, 0.6) is 0 Å². The molecule has 1 amide bonds. The second kappa shape index (κ2) is 13.7. The SMILES string of the molecule is CCCC(CCC)COC(=O)[C@H](C)NP(=O)(P)OCCNC(=O)CC. The van der Waals surface area contributed by atoms with E-state index in [1.165, 1.54) is 0 Å². The van der Waals surface area contributed by atoms with Gasteiger partial charge in [-0.15, -0.1) is 0 Å². The Morgan fingerprint density at radius 1 is 1.16 bits per heavy atom. The van der Waals surface area contributed by atoms with Gasteiger partial charge in [-0.1, -0.05) is 33.6 Å². The summed E-state index contributed by atoms with van der Waals surface area (Å²) >= 11 is 0. The molecule has 2 N–H and O–H groups in total. The van der Waals surface area contributed by atoms with Crippen molar-refractivity contribution in [2.75, 3.05) is 19.8 Å². The number of esters is 1. The number of amides is 1. The highest BCUT2D eigenvalue weighted by atomic mass is 32.1. The maximum atomic E-state index is 12.3. The van der Waals surface area contributed by atoms with Crippen LogP contribution in [0.2, 0.25) is 0 Å². The van der Waals surface area contributed by atoms with Gasteiger partial charge in [-0.05, 0) is 34.6 Å². The van der Waals surface area contributed by atoms with Crippen molar-refractivity contribution in [2.24, 2.45) is 5.92 Å². The molecule has 0 bridgehead atoms. The first-order valence-electron chi connectivity index (χ1n) is 8.99. The van der Waals surface area contributed by atoms with E-state index in [9.17, 15) is 14.2 Å². The molecule has 0 heterocycles. The zero-order valence-electron chi connectivity index (χ0n) is 15.9. The smallest absolute Gasteiger partial charge is 0.323 e. The zero-order valence-corrected chi connectivity index (χ0v) is 17.9. The third kappa shape index (κ3) is 12.5. The fraction of sp³-hybridized carbons (Fsp3) is 0.875. The summed E-state index contributed by atoms with van der Waals surface area (Å²) in [6.45, 7) is 8.31. The van der Waals surface area contributed by atoms with Gasteiger partial charge in [-0.2, -0.15) is 0 Å². The largest absolute Gasteiger partial charge is 0.464 e. The van der Waals surface area contributed by atoms with Gasteiger partial charge in [0.1, 0.15) is 6.04 Å². The highest BCUT2D eigenvalue weighted by Gasteiger charge is 2.25. The molecule has 9 heteroatoms. The van der Waals surface area contributed by atoms with Crippen molar-refractivity contribution in [3.63, 3.8) is 0 Å². The summed E-state index contributed by atoms with van der Waals surface area (Å²) < 4.78 is 22.9. The first-order chi connectivity index (χ1) is 11.8. The van der Waals surface area contributed by atoms with Crippen molar-refractivity contribution in [1.82, 2.24) is 10.4 Å². The van der Waals surface area contributed by atoms with Crippen LogP contribution in [0.3, 0.4) is 0 Å². The number of carbonyl (C=O) groups excluding carboxylic acids is 2. The van der Waals surface area contributed by atoms with E-state index >= 15 is 0 Å². The van der Waals surface area contributed by atoms with E-state index < -0.39 is 19.2 Å². The molecule has 0 aliphatic carbocycles. The lowest BCUT2D eigenvalue weighted by Crippen LogP contribution is -2.34. The molecule has 0 aromatic carbocycles. The number of rotatable bonds is 14. The van der Waals surface area contributed by atoms with Crippen LogP contribution >= 0.6 is 16.1 Å². The summed E-state index contributed by atoms with van der Waals surface area (Å²) in [7, 11) is -1.13. The second-order valence-corrected chi connectivity index (χ2v) is 9.81. The van der Waals surface area contributed by atoms with Crippen LogP contribution < -0.4 is 10.4 Å². The Balaban J connectivity index is 4.21. The normalized spacial score (nSPS) is 14.8. The number of carbonyl (C=O) groups is 2. The first-order valence-corrected chi connectivity index (χ1v) is 12.2. The molecule has 0 rings (SSSR count). The van der Waals surface area contributed by atoms with Crippen molar-refractivity contribution >= 4 is 28.0 Å². The molecule has 0 saturated carbocycles. The highest BCUT2D eigenvalue weighted by Crippen LogP contribution is 2.51. The van der Waals surface area contributed by atoms with Crippen molar-refractivity contribution in [1.29, 1.82) is 0 Å². The Bertz CT molecular complexity index is 442. The molecule has 0 saturated heterocycles. The third-order valence-electron chi connectivity index (χ3n) is 3.61. The molecule has 2 unspecified atom stereocenters. The predicted octanol–water partition coefficient (Wildman–Crippen LogP) is 3.25. The number of nitrogens with one attached hydrogen (secondary N) is 2. The summed E-state index contributed by atoms with van der Waals surface area (Å²) in [6, 6.07) is -0.738. The highest BCUT2D eigenvalue weighted by molar-refractivity contribution is 8.13. The third-order valence-corrected chi connectivity index (χ3v) is 5.82. The quantitative estimate of drug-likeness (QED) is 0.266. The Morgan fingerprint density at radius 3 is 2.28 bits per heavy atom. The molecule has 0 radical (unpaired) electrons. The minimum Gasteiger partial charge on any atom is -0.464 e. The fourth-order valence-electron chi connectivity index (χ4n) is 2.31. The van der Waals surface area contributed by atoms with Gasteiger partial charge in [0.25, 0.3) is 7.21 Å². The monoisotopic (exact) mass is 396 g/mol. The molecule has 0 aliphatic rings. The lowest BCUT2D eigenvalue weighted by molar-refractivity contribution is -0.146. The molecular weight excluding hydrogens is 362 g/mol. The van der Waals surface area contributed by atoms with Crippen molar-refractivity contribution in [2.45, 2.75) is 65.8 Å². The number of hydrogen-bond acceptors (Lipinski definition) is 5. The second-order valence-electron chi connectivity index (χ2n) is 6.06. The van der Waals surface area contributed by atoms with Crippen molar-refractivity contribution < 1.29 is 23.4 Å². The molecule has 0 aromatic heterocycles. The molecule has 0 aliphatic heterocycles. The average Bonchev–Trinajstić information content (AvgIpc) is 2.55. The van der Waals surface area contributed by atoms with Crippen LogP contribution in [0, 0.1) is 5.92 Å². The molecule has 3 atom stereocenters. The van der Waals surface area contributed by atoms with Crippen LogP contribution in [0.25, 0.3) is 0 Å². The summed E-state index contributed by atoms with van der Waals surface area (Å²) in [6.07, 6.45) is 4.55. The molecule has 0 fully saturated rings. The van der Waals surface area contributed by atoms with Crippen molar-refractivity contribution in [3.05, 3.63) is 0 Å². The lowest BCUT2D eigenvalue weighted by Gasteiger charge is -2.21. The first kappa shape index (κ1) is 24.5. The lowest BCUT2D eigenvalue weighted by atomic mass is 9.99. The standard InChI is InChI=1S/C16H34N2O5P2/c1-5-8-14(9-6-2)12-22-16(20)13(4)18-25(21,24)23-11-10-17-15(19)7-3/h13-14H,5-12,24H2,1-4H3,(H,17,19)(H,18,21)/t13-,25?/m0/s1. The molecule has 7 nitrogen and oxygen atoms in total. The van der Waals surface area contributed by atoms with Crippen LogP contribution in [-0.4, -0.2) is 37.7 Å². The Kier molecular flexibility index (Phi) is 13.4. The van der Waals surface area contributed by atoms with Crippen LogP contribution in [-0.2, 0) is 23.4 Å². The van der Waals surface area contributed by atoms with Gasteiger partial charge in [-0.25, -0.2) is 5.09 Å². The minimum atomic E-state index is -3.23. The van der Waals surface area contributed by atoms with Gasteiger partial charge in [0.15, 0.2) is 0 Å². The van der Waals surface area contributed by atoms with Crippen LogP contribution in [0.1, 0.15) is 59.8 Å². The molecule has 25 heavy (non-hydrogen) atoms. The average molecular weight is 396 g/mol. The van der Waals surface area contributed by atoms with E-state index in [2.05, 4.69) is 33.2 Å². The van der Waals surface area contributed by atoms with Crippen LogP contribution in [0.15, 0.2) is 0 Å². The summed E-state index contributed by atoms with van der Waals surface area (Å²) in [4.78, 5) is 23.2. The summed E-state index contributed by atoms with van der Waals surface area (Å²) in [5.74, 6) is -0.170. The Hall–Kier alpha value is -0.480. The number of hydrogen-bond donors (Lipinski definition) is 2. The van der Waals surface area contributed by atoms with E-state index in [0.29, 0.717) is 18.9 Å². The van der Waals surface area contributed by atoms with Gasteiger partial charge in [-0.3, -0.25) is 14.2 Å². The van der Waals surface area contributed by atoms with E-state index in [1.807, 2.05) is 0 Å². The molecule has 0 aromatic rings. The van der Waals surface area contributed by atoms with E-state index in [1.54, 1.807) is 13.8 Å². The summed E-state index contributed by atoms with van der Waals surface area (Å²) in [5.41, 5.74) is 0. The maximum Gasteiger partial charge on any atom is 0.323 e. The topological polar surface area (TPSA) is 93.7 Å². The van der Waals surface area contributed by atoms with Gasteiger partial charge >= 0.3 is 5.97 Å². The van der Waals surface area contributed by atoms with Gasteiger partial charge in [0.05, 0.1) is 13.2 Å². The van der Waals surface area contributed by atoms with Crippen LogP contribution in [0.4, 0.5) is 0 Å². The minimum absolute atomic E-state index is 0.0936. The Labute approximate surface area is 154 Å². The summed E-state index contributed by atoms with van der Waals surface area (Å²) in [5, 5.41) is 5.28. The van der Waals surface area contributed by atoms with Gasteiger partial charge < -0.3 is 14.6 Å². The molecule has 148 valence electrons. The maximum absolute atomic E-state index is 12.3. The predicted molar refractivity (Wildman–Crippen MR) is 103 cm³/mol. The zero-order chi connectivity index (χ0) is 19.3. The van der Waals surface area contributed by atoms with Gasteiger partial charge in [0, 0.05) is 13.0 Å². The number of ether oxygens (including phenoxy) is 1. The Morgan fingerprint density at radius 2 is 1.76 bits per heavy atom. The van der Waals surface area contributed by atoms with Crippen molar-refractivity contribution in [3.8, 4) is 0 Å². The van der Waals surface area contributed by atoms with E-state index in [-0.39, 0.29) is 19.1 Å². The molecule has 0 spiro atoms. The molecular formula is C16H34N2O5P2. The van der Waals surface area contributed by atoms with E-state index in [0.717, 1.165) is 25.7 Å². The fourth-order valence-corrected chi connectivity index (χ4v) is 4.38. The van der Waals surface area contributed by atoms with Gasteiger partial charge in [0.2, 0.25) is 5.91 Å².